The molecule has 5 heteroatoms. The number of carbonyl (C=O) groups excluding carboxylic acids is 2. The summed E-state index contributed by atoms with van der Waals surface area (Å²) in [5, 5.41) is 9.68. The van der Waals surface area contributed by atoms with Gasteiger partial charge in [0, 0.05) is 12.8 Å². The lowest BCUT2D eigenvalue weighted by molar-refractivity contribution is -0.161. The summed E-state index contributed by atoms with van der Waals surface area (Å²) in [5.41, 5.74) is 0. The van der Waals surface area contributed by atoms with Crippen LogP contribution < -0.4 is 0 Å². The maximum absolute atomic E-state index is 12.3. The number of unbranched alkanes of at least 4 members (excludes halogenated alkanes) is 8. The van der Waals surface area contributed by atoms with E-state index in [1.165, 1.54) is 0 Å². The number of carbonyl (C=O) groups is 2. The van der Waals surface area contributed by atoms with Gasteiger partial charge in [-0.2, -0.15) is 0 Å². The van der Waals surface area contributed by atoms with Crippen molar-refractivity contribution in [2.75, 3.05) is 13.2 Å². The van der Waals surface area contributed by atoms with Crippen LogP contribution in [0, 0.1) is 0 Å². The Morgan fingerprint density at radius 2 is 0.476 bits per heavy atom. The van der Waals surface area contributed by atoms with Crippen LogP contribution in [0.5, 0.6) is 0 Å². The van der Waals surface area contributed by atoms with Crippen molar-refractivity contribution in [3.05, 3.63) is 243 Å². The summed E-state index contributed by atoms with van der Waals surface area (Å²) in [5.74, 6) is -0.671. The van der Waals surface area contributed by atoms with Crippen LogP contribution in [0.3, 0.4) is 0 Å². The summed E-state index contributed by atoms with van der Waals surface area (Å²) in [6.45, 7) is 3.85. The lowest BCUT2D eigenvalue weighted by Crippen LogP contribution is -2.28. The first-order chi connectivity index (χ1) is 41.6. The smallest absolute Gasteiger partial charge is 0.306 e. The van der Waals surface area contributed by atoms with Gasteiger partial charge in [-0.05, 0) is 167 Å². The van der Waals surface area contributed by atoms with Crippen molar-refractivity contribution in [1.82, 2.24) is 0 Å². The largest absolute Gasteiger partial charge is 0.462 e. The molecule has 0 aliphatic carbocycles. The van der Waals surface area contributed by atoms with Crippen LogP contribution in [0.2, 0.25) is 0 Å². The van der Waals surface area contributed by atoms with Gasteiger partial charge in [0.15, 0.2) is 6.10 Å². The quantitative estimate of drug-likeness (QED) is 0.0373. The molecule has 0 saturated carbocycles. The van der Waals surface area contributed by atoms with Crippen molar-refractivity contribution in [1.29, 1.82) is 0 Å². The molecule has 0 aliphatic heterocycles. The first-order valence-electron chi connectivity index (χ1n) is 32.6. The highest BCUT2D eigenvalue weighted by Crippen LogP contribution is 2.11. The third-order valence-electron chi connectivity index (χ3n) is 12.6. The second-order valence-corrected chi connectivity index (χ2v) is 20.4. The fourth-order valence-electron chi connectivity index (χ4n) is 7.84. The highest BCUT2D eigenvalue weighted by molar-refractivity contribution is 5.70. The summed E-state index contributed by atoms with van der Waals surface area (Å²) in [4.78, 5) is 24.6. The fraction of sp³-hybridized carbons (Fsp3) is 0.468. The average Bonchev–Trinajstić information content (AvgIpc) is 3.50. The van der Waals surface area contributed by atoms with Crippen LogP contribution in [0.25, 0.3) is 0 Å². The minimum Gasteiger partial charge on any atom is -0.462 e. The molecule has 0 spiro atoms. The highest BCUT2D eigenvalue weighted by Gasteiger charge is 2.16. The summed E-state index contributed by atoms with van der Waals surface area (Å²) < 4.78 is 10.7. The van der Waals surface area contributed by atoms with Crippen LogP contribution in [0.15, 0.2) is 243 Å². The number of aliphatic hydroxyl groups is 1. The average molecular weight is 1150 g/mol. The summed E-state index contributed by atoms with van der Waals surface area (Å²) in [6, 6.07) is 0. The predicted molar refractivity (Wildman–Crippen MR) is 370 cm³/mol. The molecule has 0 saturated heterocycles. The van der Waals surface area contributed by atoms with E-state index < -0.39 is 6.10 Å². The molecule has 0 aromatic rings. The van der Waals surface area contributed by atoms with Gasteiger partial charge in [-0.25, -0.2) is 0 Å². The third-order valence-corrected chi connectivity index (χ3v) is 12.6. The number of aliphatic hydroxyl groups excluding tert-OH is 1. The molecule has 0 fully saturated rings. The molecule has 0 aromatic heterocycles. The fourth-order valence-corrected chi connectivity index (χ4v) is 7.84. The van der Waals surface area contributed by atoms with Crippen LogP contribution >= 0.6 is 0 Å². The standard InChI is InChI=1S/C79H116O5/c1-3-5-7-9-11-13-15-17-19-21-23-25-27-29-31-33-35-37-39-41-43-45-47-49-51-53-55-57-59-61-63-65-67-69-71-73-78(81)83-76-77(75-80)84-79(82)74-72-70-68-66-64-62-60-58-56-54-52-50-48-46-44-42-40-38-36-34-32-30-28-26-24-22-20-18-16-14-12-10-8-6-4-2/h5-8,11-14,17-20,23-26,29-32,35-38,41-44,47-50,53-56,59-62,77,80H,3-4,9-10,15-16,21-22,27-28,33-34,39-40,45-46,51-52,57-58,63-76H2,1-2H3/b7-5-,8-6-,13-11-,14-12-,19-17-,20-18-,25-23-,26-24-,31-29-,32-30-,37-35-,38-36-,43-41-,44-42-,49-47-,50-48-,55-53-,56-54-,61-59-,62-60-. The van der Waals surface area contributed by atoms with Gasteiger partial charge < -0.3 is 14.6 Å². The monoisotopic (exact) mass is 1140 g/mol. The van der Waals surface area contributed by atoms with Gasteiger partial charge in [-0.3, -0.25) is 9.59 Å². The summed E-state index contributed by atoms with van der Waals surface area (Å²) in [7, 11) is 0. The Morgan fingerprint density at radius 3 is 0.702 bits per heavy atom. The van der Waals surface area contributed by atoms with Gasteiger partial charge in [-0.15, -0.1) is 0 Å². The number of ether oxygens (including phenoxy) is 2. The zero-order chi connectivity index (χ0) is 60.5. The molecule has 84 heavy (non-hydrogen) atoms. The van der Waals surface area contributed by atoms with Crippen molar-refractivity contribution < 1.29 is 24.2 Å². The maximum Gasteiger partial charge on any atom is 0.306 e. The molecule has 1 atom stereocenters. The van der Waals surface area contributed by atoms with E-state index in [0.29, 0.717) is 12.8 Å². The van der Waals surface area contributed by atoms with Crippen molar-refractivity contribution in [3.63, 3.8) is 0 Å². The zero-order valence-electron chi connectivity index (χ0n) is 52.8. The highest BCUT2D eigenvalue weighted by atomic mass is 16.6. The molecule has 0 heterocycles. The molecule has 0 aliphatic rings. The molecule has 0 aromatic carbocycles. The topological polar surface area (TPSA) is 72.8 Å². The Labute approximate surface area is 515 Å². The van der Waals surface area contributed by atoms with Gasteiger partial charge in [0.25, 0.3) is 0 Å². The van der Waals surface area contributed by atoms with Gasteiger partial charge in [-0.1, -0.05) is 283 Å². The minimum atomic E-state index is -0.819. The Kier molecular flexibility index (Phi) is 65.6. The summed E-state index contributed by atoms with van der Waals surface area (Å²) in [6.07, 6.45) is 119. The van der Waals surface area contributed by atoms with E-state index in [1.807, 2.05) is 0 Å². The first-order valence-corrected chi connectivity index (χ1v) is 32.6. The second kappa shape index (κ2) is 71.0. The SMILES string of the molecule is CC/C=C\C/C=C\C/C=C\C/C=C\C/C=C\C/C=C\C/C=C\C/C=C\C/C=C\C/C=C\CCCCCCC(=O)OCC(CO)OC(=O)CCCCCC/C=C\C/C=C\C/C=C\C/C=C\C/C=C\C/C=C\C/C=C\C/C=C\C/C=C\C/C=C\CC. The van der Waals surface area contributed by atoms with Crippen molar-refractivity contribution in [2.24, 2.45) is 0 Å². The predicted octanol–water partition coefficient (Wildman–Crippen LogP) is 23.1. The molecule has 5 nitrogen and oxygen atoms in total. The van der Waals surface area contributed by atoms with E-state index in [0.717, 1.165) is 193 Å². The molecule has 1 unspecified atom stereocenters. The van der Waals surface area contributed by atoms with Gasteiger partial charge in [0.1, 0.15) is 6.61 Å². The molecule has 0 bridgehead atoms. The Hall–Kier alpha value is -6.30. The third kappa shape index (κ3) is 68.2. The van der Waals surface area contributed by atoms with Crippen LogP contribution in [-0.2, 0) is 19.1 Å². The molecular weight excluding hydrogens is 1030 g/mol. The van der Waals surface area contributed by atoms with E-state index in [1.54, 1.807) is 0 Å². The normalized spacial score (nSPS) is 13.9. The van der Waals surface area contributed by atoms with E-state index in [-0.39, 0.29) is 25.2 Å². The maximum atomic E-state index is 12.3. The van der Waals surface area contributed by atoms with Crippen molar-refractivity contribution >= 4 is 11.9 Å². The van der Waals surface area contributed by atoms with Crippen molar-refractivity contribution in [3.8, 4) is 0 Å². The molecule has 0 radical (unpaired) electrons. The van der Waals surface area contributed by atoms with Crippen LogP contribution in [-0.4, -0.2) is 36.4 Å². The molecular formula is C79H116O5. The molecule has 462 valence electrons. The van der Waals surface area contributed by atoms with E-state index in [2.05, 4.69) is 257 Å². The van der Waals surface area contributed by atoms with Gasteiger partial charge in [0.2, 0.25) is 0 Å². The van der Waals surface area contributed by atoms with Crippen LogP contribution in [0.1, 0.15) is 219 Å². The van der Waals surface area contributed by atoms with E-state index >= 15 is 0 Å². The van der Waals surface area contributed by atoms with E-state index in [4.69, 9.17) is 9.47 Å². The lowest BCUT2D eigenvalue weighted by atomic mass is 10.1. The van der Waals surface area contributed by atoms with E-state index in [9.17, 15) is 14.7 Å². The second-order valence-electron chi connectivity index (χ2n) is 20.4. The lowest BCUT2D eigenvalue weighted by Gasteiger charge is -2.15. The number of rotatable bonds is 56. The minimum absolute atomic E-state index is 0.108. The van der Waals surface area contributed by atoms with Crippen LogP contribution in [0.4, 0.5) is 0 Å². The van der Waals surface area contributed by atoms with Gasteiger partial charge >= 0.3 is 11.9 Å². The number of esters is 2. The number of hydrogen-bond acceptors (Lipinski definition) is 5. The van der Waals surface area contributed by atoms with Crippen molar-refractivity contribution in [2.45, 2.75) is 225 Å². The Morgan fingerprint density at radius 1 is 0.274 bits per heavy atom. The number of hydrogen-bond donors (Lipinski definition) is 1. The zero-order valence-corrected chi connectivity index (χ0v) is 52.8. The molecule has 0 amide bonds. The Bertz CT molecular complexity index is 2130. The Balaban J connectivity index is 3.73. The number of allylic oxidation sites excluding steroid dienone is 40. The first kappa shape index (κ1) is 77.7. The summed E-state index contributed by atoms with van der Waals surface area (Å²) >= 11 is 0. The van der Waals surface area contributed by atoms with Gasteiger partial charge in [0.05, 0.1) is 6.61 Å². The molecule has 0 rings (SSSR count). The molecule has 1 N–H and O–H groups in total.